The topological polar surface area (TPSA) is 62.9 Å². The van der Waals surface area contributed by atoms with E-state index in [1.54, 1.807) is 7.11 Å². The predicted molar refractivity (Wildman–Crippen MR) is 62.1 cm³/mol. The van der Waals surface area contributed by atoms with E-state index < -0.39 is 0 Å². The summed E-state index contributed by atoms with van der Waals surface area (Å²) < 4.78 is 16.1. The first-order valence-corrected chi connectivity index (χ1v) is 5.56. The van der Waals surface area contributed by atoms with Crippen molar-refractivity contribution in [2.75, 3.05) is 26.9 Å². The van der Waals surface area contributed by atoms with Crippen LogP contribution >= 0.6 is 0 Å². The van der Waals surface area contributed by atoms with E-state index in [-0.39, 0.29) is 6.10 Å². The van der Waals surface area contributed by atoms with E-state index in [0.717, 1.165) is 23.5 Å². The molecule has 0 aliphatic carbocycles. The van der Waals surface area contributed by atoms with Gasteiger partial charge in [0.1, 0.15) is 6.10 Å². The molecule has 2 rings (SSSR count). The number of benzene rings is 1. The summed E-state index contributed by atoms with van der Waals surface area (Å²) in [4.78, 5) is 4.56. The van der Waals surface area contributed by atoms with Gasteiger partial charge in [0.05, 0.1) is 26.9 Å². The molecule has 2 N–H and O–H groups in total. The van der Waals surface area contributed by atoms with E-state index in [4.69, 9.17) is 20.1 Å². The van der Waals surface area contributed by atoms with Crippen LogP contribution in [0, 0.1) is 0 Å². The summed E-state index contributed by atoms with van der Waals surface area (Å²) in [6, 6.07) is 5.82. The Balaban J connectivity index is 2.07. The molecule has 0 radical (unpaired) electrons. The highest BCUT2D eigenvalue weighted by Gasteiger charge is 2.21. The van der Waals surface area contributed by atoms with Crippen LogP contribution in [0.5, 0.6) is 11.5 Å². The number of ether oxygens (including phenoxy) is 3. The van der Waals surface area contributed by atoms with Gasteiger partial charge in [-0.15, -0.1) is 0 Å². The first-order chi connectivity index (χ1) is 8.33. The van der Waals surface area contributed by atoms with Gasteiger partial charge >= 0.3 is 0 Å². The Bertz CT molecular complexity index is 366. The van der Waals surface area contributed by atoms with Crippen molar-refractivity contribution in [1.29, 1.82) is 0 Å². The van der Waals surface area contributed by atoms with Crippen molar-refractivity contribution in [3.63, 3.8) is 0 Å². The lowest BCUT2D eigenvalue weighted by Gasteiger charge is -2.27. The Hall–Kier alpha value is -1.30. The molecule has 1 aliphatic heterocycles. The van der Waals surface area contributed by atoms with E-state index >= 15 is 0 Å². The van der Waals surface area contributed by atoms with Crippen LogP contribution in [0.1, 0.15) is 5.56 Å². The number of hydrogen-bond donors (Lipinski definition) is 1. The van der Waals surface area contributed by atoms with E-state index in [2.05, 4.69) is 4.84 Å². The molecule has 1 heterocycles. The molecule has 1 fully saturated rings. The third kappa shape index (κ3) is 3.09. The summed E-state index contributed by atoms with van der Waals surface area (Å²) in [6.07, 6.45) is 0.878. The largest absolute Gasteiger partial charge is 0.493 e. The Morgan fingerprint density at radius 3 is 2.76 bits per heavy atom. The molecule has 5 heteroatoms. The molecule has 0 unspecified atom stereocenters. The second kappa shape index (κ2) is 5.86. The zero-order valence-corrected chi connectivity index (χ0v) is 9.85. The fraction of sp³-hybridized carbons (Fsp3) is 0.500. The Kier molecular flexibility index (Phi) is 4.19. The summed E-state index contributed by atoms with van der Waals surface area (Å²) in [5.41, 5.74) is 1.10. The number of nitrogens with two attached hydrogens (primary N) is 1. The molecule has 0 amide bonds. The van der Waals surface area contributed by atoms with Crippen LogP contribution in [-0.4, -0.2) is 33.0 Å². The second-order valence-corrected chi connectivity index (χ2v) is 3.88. The lowest BCUT2D eigenvalue weighted by atomic mass is 10.1. The summed E-state index contributed by atoms with van der Waals surface area (Å²) in [5.74, 6) is 6.49. The average molecular weight is 239 g/mol. The molecule has 1 aromatic carbocycles. The highest BCUT2D eigenvalue weighted by molar-refractivity contribution is 5.43. The Labute approximate surface area is 100 Å². The predicted octanol–water partition coefficient (Wildman–Crippen LogP) is 0.906. The van der Waals surface area contributed by atoms with Gasteiger partial charge in [0.15, 0.2) is 11.5 Å². The van der Waals surface area contributed by atoms with Crippen LogP contribution in [0.2, 0.25) is 0 Å². The highest BCUT2D eigenvalue weighted by atomic mass is 16.6. The number of hydrogen-bond acceptors (Lipinski definition) is 5. The van der Waals surface area contributed by atoms with Crippen LogP contribution in [0.15, 0.2) is 18.2 Å². The third-order valence-electron chi connectivity index (χ3n) is 2.64. The monoisotopic (exact) mass is 239 g/mol. The average Bonchev–Trinajstić information content (AvgIpc) is 2.31. The third-order valence-corrected chi connectivity index (χ3v) is 2.64. The van der Waals surface area contributed by atoms with Crippen molar-refractivity contribution in [2.45, 2.75) is 12.5 Å². The van der Waals surface area contributed by atoms with Crippen molar-refractivity contribution >= 4 is 0 Å². The fourth-order valence-corrected chi connectivity index (χ4v) is 1.61. The van der Waals surface area contributed by atoms with Gasteiger partial charge in [-0.05, 0) is 24.1 Å². The van der Waals surface area contributed by atoms with Gasteiger partial charge in [-0.2, -0.15) is 0 Å². The van der Waals surface area contributed by atoms with Crippen LogP contribution < -0.4 is 15.4 Å². The highest BCUT2D eigenvalue weighted by Crippen LogP contribution is 2.30. The van der Waals surface area contributed by atoms with E-state index in [1.165, 1.54) is 0 Å². The zero-order valence-electron chi connectivity index (χ0n) is 9.85. The Morgan fingerprint density at radius 2 is 2.18 bits per heavy atom. The van der Waals surface area contributed by atoms with Gasteiger partial charge in [0, 0.05) is 0 Å². The molecule has 0 bridgehead atoms. The minimum absolute atomic E-state index is 0.130. The van der Waals surface area contributed by atoms with E-state index in [1.807, 2.05) is 18.2 Å². The number of rotatable bonds is 6. The van der Waals surface area contributed by atoms with E-state index in [0.29, 0.717) is 19.8 Å². The summed E-state index contributed by atoms with van der Waals surface area (Å²) in [6.45, 7) is 1.76. The standard InChI is InChI=1S/C12H17NO4/c1-14-11-3-2-9(4-5-16-13)6-12(11)17-10-7-15-8-10/h2-3,6,10H,4-5,7-8,13H2,1H3. The van der Waals surface area contributed by atoms with Gasteiger partial charge in [0.2, 0.25) is 0 Å². The van der Waals surface area contributed by atoms with Crippen molar-refractivity contribution in [3.05, 3.63) is 23.8 Å². The molecule has 0 spiro atoms. The molecule has 0 atom stereocenters. The van der Waals surface area contributed by atoms with Crippen molar-refractivity contribution < 1.29 is 19.0 Å². The first-order valence-electron chi connectivity index (χ1n) is 5.56. The van der Waals surface area contributed by atoms with Crippen molar-refractivity contribution in [1.82, 2.24) is 0 Å². The first kappa shape index (κ1) is 12.2. The lowest BCUT2D eigenvalue weighted by molar-refractivity contribution is -0.0803. The SMILES string of the molecule is COc1ccc(CCON)cc1OC1COC1. The summed E-state index contributed by atoms with van der Waals surface area (Å²) in [7, 11) is 1.63. The van der Waals surface area contributed by atoms with Gasteiger partial charge in [0.25, 0.3) is 0 Å². The van der Waals surface area contributed by atoms with Crippen molar-refractivity contribution in [2.24, 2.45) is 5.90 Å². The maximum atomic E-state index is 5.77. The fourth-order valence-electron chi connectivity index (χ4n) is 1.61. The minimum Gasteiger partial charge on any atom is -0.493 e. The van der Waals surface area contributed by atoms with Crippen LogP contribution in [0.3, 0.4) is 0 Å². The molecule has 1 saturated heterocycles. The maximum absolute atomic E-state index is 5.77. The van der Waals surface area contributed by atoms with Gasteiger partial charge in [-0.1, -0.05) is 6.07 Å². The number of methoxy groups -OCH3 is 1. The minimum atomic E-state index is 0.130. The quantitative estimate of drug-likeness (QED) is 0.747. The summed E-state index contributed by atoms with van der Waals surface area (Å²) >= 11 is 0. The Morgan fingerprint density at radius 1 is 1.35 bits per heavy atom. The normalized spacial score (nSPS) is 15.4. The van der Waals surface area contributed by atoms with Crippen LogP contribution in [-0.2, 0) is 16.0 Å². The maximum Gasteiger partial charge on any atom is 0.162 e. The van der Waals surface area contributed by atoms with Gasteiger partial charge < -0.3 is 19.0 Å². The molecule has 94 valence electrons. The molecule has 0 saturated carbocycles. The molecular weight excluding hydrogens is 222 g/mol. The van der Waals surface area contributed by atoms with Crippen LogP contribution in [0.25, 0.3) is 0 Å². The van der Waals surface area contributed by atoms with E-state index in [9.17, 15) is 0 Å². The lowest BCUT2D eigenvalue weighted by Crippen LogP contribution is -2.38. The molecule has 1 aliphatic rings. The smallest absolute Gasteiger partial charge is 0.162 e. The summed E-state index contributed by atoms with van der Waals surface area (Å²) in [5, 5.41) is 0. The van der Waals surface area contributed by atoms with Gasteiger partial charge in [-0.25, -0.2) is 5.90 Å². The molecule has 1 aromatic rings. The molecule has 17 heavy (non-hydrogen) atoms. The van der Waals surface area contributed by atoms with Crippen molar-refractivity contribution in [3.8, 4) is 11.5 Å². The second-order valence-electron chi connectivity index (χ2n) is 3.88. The van der Waals surface area contributed by atoms with Crippen LogP contribution in [0.4, 0.5) is 0 Å². The van der Waals surface area contributed by atoms with Gasteiger partial charge in [-0.3, -0.25) is 0 Å². The molecule has 5 nitrogen and oxygen atoms in total. The zero-order chi connectivity index (χ0) is 12.1. The molecule has 0 aromatic heterocycles. The molecular formula is C12H17NO4.